The molecule has 104 valence electrons. The maximum Gasteiger partial charge on any atom is 0.221 e. The molecular weight excluding hydrogens is 268 g/mol. The highest BCUT2D eigenvalue weighted by atomic mass is 32.1. The zero-order chi connectivity index (χ0) is 14.6. The van der Waals surface area contributed by atoms with E-state index in [0.717, 1.165) is 12.8 Å². The third-order valence-corrected chi connectivity index (χ3v) is 4.15. The van der Waals surface area contributed by atoms with E-state index in [0.29, 0.717) is 6.42 Å². The molecule has 0 spiro atoms. The Morgan fingerprint density at radius 1 is 1.40 bits per heavy atom. The minimum absolute atomic E-state index is 0.0592. The van der Waals surface area contributed by atoms with Crippen LogP contribution in [0.15, 0.2) is 29.6 Å². The molecule has 0 bridgehead atoms. The van der Waals surface area contributed by atoms with Crippen LogP contribution in [0.4, 0.5) is 0 Å². The summed E-state index contributed by atoms with van der Waals surface area (Å²) in [5.41, 5.74) is 0.518. The molecule has 1 amide bonds. The van der Waals surface area contributed by atoms with Crippen molar-refractivity contribution in [3.63, 3.8) is 0 Å². The number of hydrogen-bond acceptors (Lipinski definition) is 3. The summed E-state index contributed by atoms with van der Waals surface area (Å²) in [4.78, 5) is 11.8. The second-order valence-corrected chi connectivity index (χ2v) is 6.31. The number of fused-ring (bicyclic) bond motifs is 1. The molecule has 0 radical (unpaired) electrons. The van der Waals surface area contributed by atoms with Crippen LogP contribution in [0, 0.1) is 11.3 Å². The Bertz CT molecular complexity index is 652. The first-order chi connectivity index (χ1) is 9.52. The normalized spacial score (nSPS) is 11.2. The first-order valence-electron chi connectivity index (χ1n) is 6.69. The van der Waals surface area contributed by atoms with E-state index >= 15 is 0 Å². The van der Waals surface area contributed by atoms with Gasteiger partial charge in [-0.2, -0.15) is 5.26 Å². The summed E-state index contributed by atoms with van der Waals surface area (Å²) in [6.45, 7) is 3.41. The predicted molar refractivity (Wildman–Crippen MR) is 82.6 cm³/mol. The van der Waals surface area contributed by atoms with Crippen LogP contribution >= 0.6 is 11.3 Å². The van der Waals surface area contributed by atoms with E-state index < -0.39 is 5.54 Å². The smallest absolute Gasteiger partial charge is 0.221 e. The molecule has 3 nitrogen and oxygen atoms in total. The summed E-state index contributed by atoms with van der Waals surface area (Å²) in [7, 11) is 0. The third-order valence-electron chi connectivity index (χ3n) is 3.14. The third kappa shape index (κ3) is 3.58. The predicted octanol–water partition coefficient (Wildman–Crippen LogP) is 3.64. The number of carbonyl (C=O) groups excluding carboxylic acids is 1. The van der Waals surface area contributed by atoms with Gasteiger partial charge in [0.2, 0.25) is 5.91 Å². The molecule has 0 saturated heterocycles. The van der Waals surface area contributed by atoms with E-state index in [-0.39, 0.29) is 5.91 Å². The van der Waals surface area contributed by atoms with Crippen LogP contribution in [0.3, 0.4) is 0 Å². The SMILES string of the molecule is CC(C)(C#N)NC(=O)CCCc1csc2ccccc12. The molecular formula is C16H18N2OS. The lowest BCUT2D eigenvalue weighted by molar-refractivity contribution is -0.122. The first-order valence-corrected chi connectivity index (χ1v) is 7.57. The number of benzene rings is 1. The lowest BCUT2D eigenvalue weighted by atomic mass is 10.1. The Kier molecular flexibility index (Phi) is 4.41. The van der Waals surface area contributed by atoms with Gasteiger partial charge in [-0.3, -0.25) is 4.79 Å². The molecule has 20 heavy (non-hydrogen) atoms. The van der Waals surface area contributed by atoms with Gasteiger partial charge in [-0.25, -0.2) is 0 Å². The number of nitrogens with one attached hydrogen (secondary N) is 1. The zero-order valence-electron chi connectivity index (χ0n) is 11.8. The summed E-state index contributed by atoms with van der Waals surface area (Å²) in [5, 5.41) is 15.1. The average Bonchev–Trinajstić information content (AvgIpc) is 2.82. The number of nitrogens with zero attached hydrogens (tertiary/aromatic N) is 1. The van der Waals surface area contributed by atoms with Crippen molar-refractivity contribution < 1.29 is 4.79 Å². The topological polar surface area (TPSA) is 52.9 Å². The second kappa shape index (κ2) is 6.06. The Hall–Kier alpha value is -1.86. The largest absolute Gasteiger partial charge is 0.338 e. The minimum Gasteiger partial charge on any atom is -0.338 e. The van der Waals surface area contributed by atoms with Crippen molar-refractivity contribution in [3.05, 3.63) is 35.2 Å². The van der Waals surface area contributed by atoms with Crippen molar-refractivity contribution in [3.8, 4) is 6.07 Å². The van der Waals surface area contributed by atoms with Gasteiger partial charge >= 0.3 is 0 Å². The van der Waals surface area contributed by atoms with Crippen LogP contribution in [0.1, 0.15) is 32.3 Å². The van der Waals surface area contributed by atoms with E-state index in [4.69, 9.17) is 5.26 Å². The molecule has 0 fully saturated rings. The number of thiophene rings is 1. The quantitative estimate of drug-likeness (QED) is 0.912. The Labute approximate surface area is 123 Å². The Balaban J connectivity index is 1.88. The van der Waals surface area contributed by atoms with Crippen LogP contribution in [0.25, 0.3) is 10.1 Å². The minimum atomic E-state index is -0.786. The van der Waals surface area contributed by atoms with Crippen LogP contribution < -0.4 is 5.32 Å². The van der Waals surface area contributed by atoms with E-state index in [1.165, 1.54) is 15.6 Å². The van der Waals surface area contributed by atoms with Crippen molar-refractivity contribution in [2.24, 2.45) is 0 Å². The van der Waals surface area contributed by atoms with E-state index in [1.54, 1.807) is 25.2 Å². The first kappa shape index (κ1) is 14.5. The van der Waals surface area contributed by atoms with Gasteiger partial charge < -0.3 is 5.32 Å². The fourth-order valence-corrected chi connectivity index (χ4v) is 3.10. The van der Waals surface area contributed by atoms with Gasteiger partial charge in [-0.05, 0) is 49.1 Å². The van der Waals surface area contributed by atoms with Crippen molar-refractivity contribution >= 4 is 27.3 Å². The number of nitriles is 1. The van der Waals surface area contributed by atoms with Gasteiger partial charge in [-0.15, -0.1) is 11.3 Å². The monoisotopic (exact) mass is 286 g/mol. The van der Waals surface area contributed by atoms with E-state index in [2.05, 4.69) is 28.9 Å². The van der Waals surface area contributed by atoms with Gasteiger partial charge in [0, 0.05) is 11.1 Å². The summed E-state index contributed by atoms with van der Waals surface area (Å²) < 4.78 is 1.29. The second-order valence-electron chi connectivity index (χ2n) is 5.40. The molecule has 0 saturated carbocycles. The standard InChI is InChI=1S/C16H18N2OS/c1-16(2,11-17)18-15(19)9-5-6-12-10-20-14-8-4-3-7-13(12)14/h3-4,7-8,10H,5-6,9H2,1-2H3,(H,18,19). The molecule has 2 aromatic rings. The van der Waals surface area contributed by atoms with Crippen molar-refractivity contribution in [2.45, 2.75) is 38.6 Å². The maximum atomic E-state index is 11.8. The molecule has 0 aliphatic heterocycles. The zero-order valence-corrected chi connectivity index (χ0v) is 12.6. The van der Waals surface area contributed by atoms with Gasteiger partial charge in [0.05, 0.1) is 6.07 Å². The number of amides is 1. The Morgan fingerprint density at radius 2 is 2.15 bits per heavy atom. The molecule has 1 heterocycles. The van der Waals surface area contributed by atoms with Gasteiger partial charge in [0.15, 0.2) is 0 Å². The fourth-order valence-electron chi connectivity index (χ4n) is 2.10. The van der Waals surface area contributed by atoms with Gasteiger partial charge in [0.25, 0.3) is 0 Å². The average molecular weight is 286 g/mol. The summed E-state index contributed by atoms with van der Waals surface area (Å²) in [5.74, 6) is -0.0592. The highest BCUT2D eigenvalue weighted by Gasteiger charge is 2.18. The summed E-state index contributed by atoms with van der Waals surface area (Å²) >= 11 is 1.74. The van der Waals surface area contributed by atoms with Crippen molar-refractivity contribution in [2.75, 3.05) is 0 Å². The fraction of sp³-hybridized carbons (Fsp3) is 0.375. The number of hydrogen-bond donors (Lipinski definition) is 1. The van der Waals surface area contributed by atoms with E-state index in [1.807, 2.05) is 12.1 Å². The van der Waals surface area contributed by atoms with Crippen LogP contribution in [-0.4, -0.2) is 11.4 Å². The van der Waals surface area contributed by atoms with E-state index in [9.17, 15) is 4.79 Å². The summed E-state index contributed by atoms with van der Waals surface area (Å²) in [6.07, 6.45) is 2.15. The number of aryl methyl sites for hydroxylation is 1. The molecule has 1 aromatic heterocycles. The molecule has 1 N–H and O–H groups in total. The lowest BCUT2D eigenvalue weighted by Crippen LogP contribution is -2.41. The highest BCUT2D eigenvalue weighted by molar-refractivity contribution is 7.17. The van der Waals surface area contributed by atoms with Crippen LogP contribution in [0.2, 0.25) is 0 Å². The molecule has 0 unspecified atom stereocenters. The lowest BCUT2D eigenvalue weighted by Gasteiger charge is -2.17. The van der Waals surface area contributed by atoms with Crippen LogP contribution in [0.5, 0.6) is 0 Å². The Morgan fingerprint density at radius 3 is 2.90 bits per heavy atom. The molecule has 4 heteroatoms. The van der Waals surface area contributed by atoms with Gasteiger partial charge in [-0.1, -0.05) is 18.2 Å². The van der Waals surface area contributed by atoms with Crippen LogP contribution in [-0.2, 0) is 11.2 Å². The number of rotatable bonds is 5. The van der Waals surface area contributed by atoms with Gasteiger partial charge in [0.1, 0.15) is 5.54 Å². The maximum absolute atomic E-state index is 11.8. The molecule has 0 atom stereocenters. The molecule has 2 rings (SSSR count). The number of carbonyl (C=O) groups is 1. The molecule has 0 aliphatic rings. The molecule has 1 aromatic carbocycles. The highest BCUT2D eigenvalue weighted by Crippen LogP contribution is 2.26. The van der Waals surface area contributed by atoms with Crippen molar-refractivity contribution in [1.82, 2.24) is 5.32 Å². The molecule has 0 aliphatic carbocycles. The summed E-state index contributed by atoms with van der Waals surface area (Å²) in [6, 6.07) is 10.4. The van der Waals surface area contributed by atoms with Crippen molar-refractivity contribution in [1.29, 1.82) is 5.26 Å².